The van der Waals surface area contributed by atoms with Gasteiger partial charge in [-0.05, 0) is 25.7 Å². The van der Waals surface area contributed by atoms with Gasteiger partial charge in [-0.2, -0.15) is 0 Å². The van der Waals surface area contributed by atoms with Crippen LogP contribution in [0.1, 0.15) is 32.6 Å². The van der Waals surface area contributed by atoms with Crippen molar-refractivity contribution in [3.63, 3.8) is 0 Å². The molecule has 3 heteroatoms. The van der Waals surface area contributed by atoms with Crippen LogP contribution in [0.5, 0.6) is 0 Å². The number of carbonyl (C=O) groups excluding carboxylic acids is 1. The number of hydrogen-bond donors (Lipinski definition) is 2. The second-order valence-corrected chi connectivity index (χ2v) is 3.56. The van der Waals surface area contributed by atoms with Crippen LogP contribution in [0.3, 0.4) is 0 Å². The molecule has 70 valence electrons. The van der Waals surface area contributed by atoms with Gasteiger partial charge in [0.15, 0.2) is 0 Å². The van der Waals surface area contributed by atoms with Gasteiger partial charge in [-0.15, -0.1) is 0 Å². The maximum atomic E-state index is 11.4. The van der Waals surface area contributed by atoms with Crippen molar-refractivity contribution >= 4 is 5.91 Å². The van der Waals surface area contributed by atoms with E-state index in [4.69, 9.17) is 5.73 Å². The summed E-state index contributed by atoms with van der Waals surface area (Å²) < 4.78 is 0. The summed E-state index contributed by atoms with van der Waals surface area (Å²) in [7, 11) is 0. The SMILES string of the molecule is CCCNC(=O)C1CCC(N)C1. The third-order valence-electron chi connectivity index (χ3n) is 2.39. The van der Waals surface area contributed by atoms with Crippen molar-refractivity contribution in [2.45, 2.75) is 38.6 Å². The standard InChI is InChI=1S/C9H18N2O/c1-2-5-11-9(12)7-3-4-8(10)6-7/h7-8H,2-6,10H2,1H3,(H,11,12). The Hall–Kier alpha value is -0.570. The number of nitrogens with one attached hydrogen (secondary N) is 1. The normalized spacial score (nSPS) is 28.8. The van der Waals surface area contributed by atoms with Crippen LogP contribution in [-0.2, 0) is 4.79 Å². The van der Waals surface area contributed by atoms with E-state index in [0.29, 0.717) is 0 Å². The molecule has 0 saturated heterocycles. The molecule has 0 aromatic carbocycles. The number of nitrogens with two attached hydrogens (primary N) is 1. The van der Waals surface area contributed by atoms with E-state index in [9.17, 15) is 4.79 Å². The molecule has 0 spiro atoms. The van der Waals surface area contributed by atoms with Crippen LogP contribution in [0.15, 0.2) is 0 Å². The first-order valence-corrected chi connectivity index (χ1v) is 4.77. The van der Waals surface area contributed by atoms with E-state index in [0.717, 1.165) is 32.2 Å². The highest BCUT2D eigenvalue weighted by atomic mass is 16.1. The first-order chi connectivity index (χ1) is 5.74. The molecule has 12 heavy (non-hydrogen) atoms. The van der Waals surface area contributed by atoms with Crippen molar-refractivity contribution < 1.29 is 4.79 Å². The minimum atomic E-state index is 0.187. The Morgan fingerprint density at radius 3 is 2.83 bits per heavy atom. The van der Waals surface area contributed by atoms with Crippen LogP contribution in [-0.4, -0.2) is 18.5 Å². The quantitative estimate of drug-likeness (QED) is 0.653. The van der Waals surface area contributed by atoms with E-state index in [1.807, 2.05) is 0 Å². The highest BCUT2D eigenvalue weighted by Crippen LogP contribution is 2.23. The molecule has 0 aromatic rings. The van der Waals surface area contributed by atoms with Gasteiger partial charge in [0.2, 0.25) is 5.91 Å². The predicted octanol–water partition coefficient (Wildman–Crippen LogP) is 0.640. The zero-order valence-electron chi connectivity index (χ0n) is 7.68. The zero-order valence-corrected chi connectivity index (χ0v) is 7.68. The molecule has 0 aliphatic heterocycles. The Morgan fingerprint density at radius 1 is 1.58 bits per heavy atom. The maximum Gasteiger partial charge on any atom is 0.223 e. The van der Waals surface area contributed by atoms with Crippen LogP contribution < -0.4 is 11.1 Å². The molecule has 0 heterocycles. The van der Waals surface area contributed by atoms with Crippen molar-refractivity contribution in [2.24, 2.45) is 11.7 Å². The van der Waals surface area contributed by atoms with Gasteiger partial charge in [0.1, 0.15) is 0 Å². The summed E-state index contributed by atoms with van der Waals surface area (Å²) in [5.74, 6) is 0.386. The molecule has 0 aromatic heterocycles. The van der Waals surface area contributed by atoms with E-state index < -0.39 is 0 Å². The zero-order chi connectivity index (χ0) is 8.97. The molecule has 2 atom stereocenters. The van der Waals surface area contributed by atoms with Crippen molar-refractivity contribution in [3.05, 3.63) is 0 Å². The molecule has 1 fully saturated rings. The highest BCUT2D eigenvalue weighted by Gasteiger charge is 2.26. The molecule has 2 unspecified atom stereocenters. The minimum absolute atomic E-state index is 0.187. The fraction of sp³-hybridized carbons (Fsp3) is 0.889. The second kappa shape index (κ2) is 4.45. The molecule has 1 aliphatic carbocycles. The van der Waals surface area contributed by atoms with E-state index in [1.165, 1.54) is 0 Å². The van der Waals surface area contributed by atoms with Crippen LogP contribution in [0.4, 0.5) is 0 Å². The average molecular weight is 170 g/mol. The van der Waals surface area contributed by atoms with Gasteiger partial charge in [0.05, 0.1) is 0 Å². The van der Waals surface area contributed by atoms with Crippen molar-refractivity contribution in [1.82, 2.24) is 5.32 Å². The Bertz CT molecular complexity index is 159. The van der Waals surface area contributed by atoms with Crippen molar-refractivity contribution in [1.29, 1.82) is 0 Å². The Kier molecular flexibility index (Phi) is 3.53. The molecular formula is C9H18N2O. The van der Waals surface area contributed by atoms with Crippen molar-refractivity contribution in [2.75, 3.05) is 6.54 Å². The topological polar surface area (TPSA) is 55.1 Å². The van der Waals surface area contributed by atoms with Gasteiger partial charge < -0.3 is 11.1 Å². The lowest BCUT2D eigenvalue weighted by Gasteiger charge is -2.09. The van der Waals surface area contributed by atoms with Gasteiger partial charge in [-0.25, -0.2) is 0 Å². The molecule has 3 nitrogen and oxygen atoms in total. The largest absolute Gasteiger partial charge is 0.356 e. The fourth-order valence-corrected chi connectivity index (χ4v) is 1.65. The first-order valence-electron chi connectivity index (χ1n) is 4.77. The summed E-state index contributed by atoms with van der Waals surface area (Å²) in [6.45, 7) is 2.85. The molecule has 0 bridgehead atoms. The summed E-state index contributed by atoms with van der Waals surface area (Å²) in [5, 5.41) is 2.90. The van der Waals surface area contributed by atoms with Gasteiger partial charge >= 0.3 is 0 Å². The maximum absolute atomic E-state index is 11.4. The number of carbonyl (C=O) groups is 1. The number of amides is 1. The lowest BCUT2D eigenvalue weighted by molar-refractivity contribution is -0.124. The first kappa shape index (κ1) is 9.52. The molecule has 1 saturated carbocycles. The van der Waals surface area contributed by atoms with Gasteiger partial charge in [0.25, 0.3) is 0 Å². The van der Waals surface area contributed by atoms with E-state index >= 15 is 0 Å². The minimum Gasteiger partial charge on any atom is -0.356 e. The summed E-state index contributed by atoms with van der Waals surface area (Å²) in [4.78, 5) is 11.4. The Morgan fingerprint density at radius 2 is 2.33 bits per heavy atom. The molecule has 3 N–H and O–H groups in total. The molecule has 1 rings (SSSR count). The van der Waals surface area contributed by atoms with Crippen molar-refractivity contribution in [3.8, 4) is 0 Å². The van der Waals surface area contributed by atoms with Crippen LogP contribution >= 0.6 is 0 Å². The van der Waals surface area contributed by atoms with Crippen LogP contribution in [0.25, 0.3) is 0 Å². The molecular weight excluding hydrogens is 152 g/mol. The monoisotopic (exact) mass is 170 g/mol. The molecule has 0 radical (unpaired) electrons. The lowest BCUT2D eigenvalue weighted by atomic mass is 10.1. The summed E-state index contributed by atoms with van der Waals surface area (Å²) >= 11 is 0. The lowest BCUT2D eigenvalue weighted by Crippen LogP contribution is -2.30. The number of hydrogen-bond acceptors (Lipinski definition) is 2. The third kappa shape index (κ3) is 2.48. The summed E-state index contributed by atoms with van der Waals surface area (Å²) in [6.07, 6.45) is 3.85. The average Bonchev–Trinajstić information content (AvgIpc) is 2.47. The van der Waals surface area contributed by atoms with E-state index in [-0.39, 0.29) is 17.9 Å². The van der Waals surface area contributed by atoms with Crippen LogP contribution in [0, 0.1) is 5.92 Å². The van der Waals surface area contributed by atoms with E-state index in [2.05, 4.69) is 12.2 Å². The highest BCUT2D eigenvalue weighted by molar-refractivity contribution is 5.78. The molecule has 1 amide bonds. The summed E-state index contributed by atoms with van der Waals surface area (Å²) in [6, 6.07) is 0.252. The smallest absolute Gasteiger partial charge is 0.223 e. The van der Waals surface area contributed by atoms with E-state index in [1.54, 1.807) is 0 Å². The fourth-order valence-electron chi connectivity index (χ4n) is 1.65. The Labute approximate surface area is 73.7 Å². The van der Waals surface area contributed by atoms with Gasteiger partial charge in [-0.1, -0.05) is 6.92 Å². The number of rotatable bonds is 3. The van der Waals surface area contributed by atoms with Gasteiger partial charge in [0, 0.05) is 18.5 Å². The van der Waals surface area contributed by atoms with Gasteiger partial charge in [-0.3, -0.25) is 4.79 Å². The Balaban J connectivity index is 2.23. The van der Waals surface area contributed by atoms with Crippen LogP contribution in [0.2, 0.25) is 0 Å². The molecule has 1 aliphatic rings. The second-order valence-electron chi connectivity index (χ2n) is 3.56. The summed E-state index contributed by atoms with van der Waals surface area (Å²) in [5.41, 5.74) is 5.71. The third-order valence-corrected chi connectivity index (χ3v) is 2.39. The predicted molar refractivity (Wildman–Crippen MR) is 48.6 cm³/mol.